The van der Waals surface area contributed by atoms with Gasteiger partial charge in [-0.1, -0.05) is 6.07 Å². The van der Waals surface area contributed by atoms with Gasteiger partial charge in [0.15, 0.2) is 0 Å². The summed E-state index contributed by atoms with van der Waals surface area (Å²) in [7, 11) is 4.86. The molecule has 31 heavy (non-hydrogen) atoms. The van der Waals surface area contributed by atoms with E-state index in [4.69, 9.17) is 19.2 Å². The number of nitrogens with one attached hydrogen (secondary N) is 1. The third-order valence-electron chi connectivity index (χ3n) is 5.25. The van der Waals surface area contributed by atoms with Crippen molar-refractivity contribution in [3.05, 3.63) is 88.0 Å². The summed E-state index contributed by atoms with van der Waals surface area (Å²) < 4.78 is 15.9. The minimum Gasteiger partial charge on any atom is -0.497 e. The first-order valence-electron chi connectivity index (χ1n) is 9.94. The quantitative estimate of drug-likeness (QED) is 0.485. The van der Waals surface area contributed by atoms with Crippen LogP contribution in [-0.2, 0) is 17.8 Å². The molecule has 0 amide bonds. The molecule has 1 N–H and O–H groups in total. The average Bonchev–Trinajstić information content (AvgIpc) is 2.81. The number of H-pyrrole nitrogens is 1. The van der Waals surface area contributed by atoms with Gasteiger partial charge in [0.25, 0.3) is 5.56 Å². The molecule has 6 heteroatoms. The number of aromatic amines is 1. The topological polar surface area (TPSA) is 73.4 Å². The minimum absolute atomic E-state index is 0.149. The van der Waals surface area contributed by atoms with Crippen LogP contribution in [0.1, 0.15) is 17.0 Å². The van der Waals surface area contributed by atoms with Crippen LogP contribution in [0.25, 0.3) is 22.0 Å². The molecule has 0 radical (unpaired) electrons. The predicted octanol–water partition coefficient (Wildman–Crippen LogP) is 4.34. The molecule has 0 fully saturated rings. The van der Waals surface area contributed by atoms with Crippen molar-refractivity contribution in [1.29, 1.82) is 0 Å². The zero-order valence-electron chi connectivity index (χ0n) is 17.8. The van der Waals surface area contributed by atoms with E-state index in [-0.39, 0.29) is 5.56 Å². The Balaban J connectivity index is 1.77. The van der Waals surface area contributed by atoms with Crippen LogP contribution in [0, 0.1) is 0 Å². The molecule has 0 aliphatic carbocycles. The second-order valence-electron chi connectivity index (χ2n) is 7.18. The molecule has 0 unspecified atom stereocenters. The summed E-state index contributed by atoms with van der Waals surface area (Å²) in [5, 5.41) is 1.77. The highest BCUT2D eigenvalue weighted by Gasteiger charge is 2.14. The first kappa shape index (κ1) is 20.6. The van der Waals surface area contributed by atoms with E-state index in [1.54, 1.807) is 21.3 Å². The summed E-state index contributed by atoms with van der Waals surface area (Å²) in [6, 6.07) is 19.3. The zero-order valence-corrected chi connectivity index (χ0v) is 17.8. The Morgan fingerprint density at radius 3 is 2.32 bits per heavy atom. The van der Waals surface area contributed by atoms with Gasteiger partial charge < -0.3 is 19.2 Å². The van der Waals surface area contributed by atoms with Gasteiger partial charge in [-0.15, -0.1) is 0 Å². The maximum absolute atomic E-state index is 13.0. The molecule has 0 saturated heterocycles. The largest absolute Gasteiger partial charge is 0.497 e. The maximum atomic E-state index is 13.0. The molecule has 2 aromatic carbocycles. The summed E-state index contributed by atoms with van der Waals surface area (Å²) in [4.78, 5) is 20.7. The second-order valence-corrected chi connectivity index (χ2v) is 7.18. The van der Waals surface area contributed by atoms with E-state index in [2.05, 4.69) is 4.98 Å². The van der Waals surface area contributed by atoms with Crippen LogP contribution in [-0.4, -0.2) is 31.3 Å². The number of benzene rings is 2. The molecule has 2 heterocycles. The fourth-order valence-electron chi connectivity index (χ4n) is 3.68. The van der Waals surface area contributed by atoms with E-state index < -0.39 is 0 Å². The van der Waals surface area contributed by atoms with E-state index in [1.165, 1.54) is 0 Å². The van der Waals surface area contributed by atoms with Gasteiger partial charge >= 0.3 is 0 Å². The molecule has 0 spiro atoms. The Bertz CT molecular complexity index is 1260. The summed E-state index contributed by atoms with van der Waals surface area (Å²) in [6.07, 6.45) is 0.399. The van der Waals surface area contributed by atoms with E-state index in [0.29, 0.717) is 24.3 Å². The fourth-order valence-corrected chi connectivity index (χ4v) is 3.68. The number of fused-ring (bicyclic) bond motifs is 1. The third-order valence-corrected chi connectivity index (χ3v) is 5.25. The van der Waals surface area contributed by atoms with Crippen LogP contribution in [0.2, 0.25) is 0 Å². The maximum Gasteiger partial charge on any atom is 0.252 e. The summed E-state index contributed by atoms with van der Waals surface area (Å²) >= 11 is 0. The minimum atomic E-state index is -0.149. The molecular formula is C25H24N2O4. The highest BCUT2D eigenvalue weighted by atomic mass is 16.5. The number of methoxy groups -OCH3 is 3. The van der Waals surface area contributed by atoms with Crippen molar-refractivity contribution in [3.63, 3.8) is 0 Å². The zero-order chi connectivity index (χ0) is 21.8. The SMILES string of the molecule is COCc1[nH]c(=O)c(Cc2cccc(-c3ccc(OC)cc3)n2)c2cc(OC)ccc12. The molecule has 0 saturated carbocycles. The van der Waals surface area contributed by atoms with Gasteiger partial charge in [-0.25, -0.2) is 0 Å². The van der Waals surface area contributed by atoms with E-state index in [0.717, 1.165) is 39.2 Å². The highest BCUT2D eigenvalue weighted by Crippen LogP contribution is 2.27. The Morgan fingerprint density at radius 2 is 1.61 bits per heavy atom. The smallest absolute Gasteiger partial charge is 0.252 e. The Hall–Kier alpha value is -3.64. The van der Waals surface area contributed by atoms with Crippen molar-refractivity contribution < 1.29 is 14.2 Å². The second kappa shape index (κ2) is 9.02. The third kappa shape index (κ3) is 4.29. The molecule has 0 aliphatic heterocycles. The van der Waals surface area contributed by atoms with Gasteiger partial charge in [0.2, 0.25) is 0 Å². The standard InChI is InChI=1S/C25H24N2O4/c1-29-15-24-20-12-11-19(31-3)14-21(20)22(25(28)27-24)13-17-5-4-6-23(26-17)16-7-9-18(30-2)10-8-16/h4-12,14H,13,15H2,1-3H3,(H,27,28). The number of ether oxygens (including phenoxy) is 3. The van der Waals surface area contributed by atoms with Crippen molar-refractivity contribution in [2.24, 2.45) is 0 Å². The lowest BCUT2D eigenvalue weighted by atomic mass is 10.0. The molecule has 158 valence electrons. The number of hydrogen-bond acceptors (Lipinski definition) is 5. The van der Waals surface area contributed by atoms with Crippen LogP contribution in [0.4, 0.5) is 0 Å². The van der Waals surface area contributed by atoms with Gasteiger partial charge in [-0.05, 0) is 60.0 Å². The van der Waals surface area contributed by atoms with Crippen LogP contribution in [0.3, 0.4) is 0 Å². The summed E-state index contributed by atoms with van der Waals surface area (Å²) in [5.74, 6) is 1.49. The van der Waals surface area contributed by atoms with Gasteiger partial charge in [0.05, 0.1) is 32.2 Å². The van der Waals surface area contributed by atoms with E-state index >= 15 is 0 Å². The fraction of sp³-hybridized carbons (Fsp3) is 0.200. The number of hydrogen-bond donors (Lipinski definition) is 1. The monoisotopic (exact) mass is 416 g/mol. The normalized spacial score (nSPS) is 10.9. The van der Waals surface area contributed by atoms with E-state index in [1.807, 2.05) is 60.7 Å². The average molecular weight is 416 g/mol. The number of rotatable bonds is 7. The van der Waals surface area contributed by atoms with Crippen LogP contribution < -0.4 is 15.0 Å². The van der Waals surface area contributed by atoms with Crippen LogP contribution >= 0.6 is 0 Å². The molecule has 0 bridgehead atoms. The Kier molecular flexibility index (Phi) is 6.00. The predicted molar refractivity (Wildman–Crippen MR) is 121 cm³/mol. The first-order chi connectivity index (χ1) is 15.1. The van der Waals surface area contributed by atoms with E-state index in [9.17, 15) is 4.79 Å². The molecule has 2 aromatic heterocycles. The molecular weight excluding hydrogens is 392 g/mol. The molecule has 4 aromatic rings. The molecule has 4 rings (SSSR count). The first-order valence-corrected chi connectivity index (χ1v) is 9.94. The van der Waals surface area contributed by atoms with Gasteiger partial charge in [0, 0.05) is 35.7 Å². The van der Waals surface area contributed by atoms with Crippen molar-refractivity contribution in [3.8, 4) is 22.8 Å². The molecule has 0 atom stereocenters. The van der Waals surface area contributed by atoms with Crippen LogP contribution in [0.5, 0.6) is 11.5 Å². The summed E-state index contributed by atoms with van der Waals surface area (Å²) in [6.45, 7) is 0.323. The van der Waals surface area contributed by atoms with Gasteiger partial charge in [-0.2, -0.15) is 0 Å². The van der Waals surface area contributed by atoms with Crippen molar-refractivity contribution >= 4 is 10.8 Å². The molecule has 0 aliphatic rings. The lowest BCUT2D eigenvalue weighted by Crippen LogP contribution is -2.17. The van der Waals surface area contributed by atoms with Gasteiger partial charge in [0.1, 0.15) is 11.5 Å². The van der Waals surface area contributed by atoms with Gasteiger partial charge in [-0.3, -0.25) is 9.78 Å². The lowest BCUT2D eigenvalue weighted by molar-refractivity contribution is 0.182. The molecule has 6 nitrogen and oxygen atoms in total. The van der Waals surface area contributed by atoms with Crippen molar-refractivity contribution in [2.75, 3.05) is 21.3 Å². The van der Waals surface area contributed by atoms with Crippen LogP contribution in [0.15, 0.2) is 65.5 Å². The van der Waals surface area contributed by atoms with Crippen molar-refractivity contribution in [1.82, 2.24) is 9.97 Å². The summed E-state index contributed by atoms with van der Waals surface area (Å²) in [5.41, 5.74) is 3.88. The number of nitrogens with zero attached hydrogens (tertiary/aromatic N) is 1. The number of pyridine rings is 2. The Labute approximate surface area is 180 Å². The number of aromatic nitrogens is 2. The Morgan fingerprint density at radius 1 is 0.871 bits per heavy atom. The highest BCUT2D eigenvalue weighted by molar-refractivity contribution is 5.88. The lowest BCUT2D eigenvalue weighted by Gasteiger charge is -2.12. The van der Waals surface area contributed by atoms with Crippen molar-refractivity contribution in [2.45, 2.75) is 13.0 Å².